The van der Waals surface area contributed by atoms with Crippen LogP contribution < -0.4 is 11.1 Å². The standard InChI is InChI=1S/C23H22N4O4/c1-3-4-12-27-22(29)18-10-6-5-9-17(18)20(25-27)23(30)31-14-16-13-19(28)26-11-7-8-15(2)21(26)24-16/h5-11,13H,3-4,12,14H2,1-2H3. The highest BCUT2D eigenvalue weighted by Crippen LogP contribution is 2.15. The van der Waals surface area contributed by atoms with Crippen molar-refractivity contribution in [2.24, 2.45) is 0 Å². The molecule has 0 spiro atoms. The number of fused-ring (bicyclic) bond motifs is 2. The van der Waals surface area contributed by atoms with Gasteiger partial charge in [0.2, 0.25) is 0 Å². The molecule has 0 saturated carbocycles. The Hall–Kier alpha value is -3.81. The van der Waals surface area contributed by atoms with E-state index in [1.807, 2.05) is 19.9 Å². The number of hydrogen-bond donors (Lipinski definition) is 0. The molecule has 3 aromatic heterocycles. The summed E-state index contributed by atoms with van der Waals surface area (Å²) in [6.45, 7) is 4.11. The van der Waals surface area contributed by atoms with E-state index in [2.05, 4.69) is 10.1 Å². The third kappa shape index (κ3) is 3.96. The van der Waals surface area contributed by atoms with Crippen molar-refractivity contribution < 1.29 is 9.53 Å². The summed E-state index contributed by atoms with van der Waals surface area (Å²) in [6.07, 6.45) is 3.30. The van der Waals surface area contributed by atoms with E-state index in [1.165, 1.54) is 15.1 Å². The van der Waals surface area contributed by atoms with E-state index in [0.717, 1.165) is 18.4 Å². The number of carbonyl (C=O) groups is 1. The monoisotopic (exact) mass is 418 g/mol. The van der Waals surface area contributed by atoms with Crippen LogP contribution in [0.4, 0.5) is 0 Å². The lowest BCUT2D eigenvalue weighted by Crippen LogP contribution is -2.26. The zero-order valence-corrected chi connectivity index (χ0v) is 17.4. The molecule has 0 bridgehead atoms. The highest BCUT2D eigenvalue weighted by molar-refractivity contribution is 6.02. The smallest absolute Gasteiger partial charge is 0.359 e. The number of hydrogen-bond acceptors (Lipinski definition) is 6. The summed E-state index contributed by atoms with van der Waals surface area (Å²) in [5.74, 6) is -0.673. The third-order valence-electron chi connectivity index (χ3n) is 5.07. The highest BCUT2D eigenvalue weighted by atomic mass is 16.5. The Kier molecular flexibility index (Phi) is 5.62. The Morgan fingerprint density at radius 3 is 2.65 bits per heavy atom. The van der Waals surface area contributed by atoms with Crippen molar-refractivity contribution in [1.82, 2.24) is 19.2 Å². The fourth-order valence-electron chi connectivity index (χ4n) is 3.44. The van der Waals surface area contributed by atoms with E-state index in [9.17, 15) is 14.4 Å². The van der Waals surface area contributed by atoms with Crippen molar-refractivity contribution in [3.05, 3.63) is 86.3 Å². The molecule has 158 valence electrons. The number of pyridine rings is 1. The number of ether oxygens (including phenoxy) is 1. The molecule has 0 aliphatic rings. The van der Waals surface area contributed by atoms with E-state index < -0.39 is 5.97 Å². The number of aryl methyl sites for hydroxylation is 2. The lowest BCUT2D eigenvalue weighted by atomic mass is 10.1. The predicted octanol–water partition coefficient (Wildman–Crippen LogP) is 2.87. The second-order valence-corrected chi connectivity index (χ2v) is 7.32. The van der Waals surface area contributed by atoms with Gasteiger partial charge in [-0.15, -0.1) is 0 Å². The minimum Gasteiger partial charge on any atom is -0.454 e. The first-order valence-electron chi connectivity index (χ1n) is 10.1. The number of nitrogens with zero attached hydrogens (tertiary/aromatic N) is 4. The van der Waals surface area contributed by atoms with Crippen LogP contribution in [0, 0.1) is 6.92 Å². The van der Waals surface area contributed by atoms with Crippen LogP contribution in [0.2, 0.25) is 0 Å². The largest absolute Gasteiger partial charge is 0.454 e. The molecule has 8 nitrogen and oxygen atoms in total. The molecule has 0 aliphatic carbocycles. The van der Waals surface area contributed by atoms with Crippen LogP contribution >= 0.6 is 0 Å². The number of esters is 1. The third-order valence-corrected chi connectivity index (χ3v) is 5.07. The molecule has 0 unspecified atom stereocenters. The Morgan fingerprint density at radius 1 is 1.10 bits per heavy atom. The Morgan fingerprint density at radius 2 is 1.87 bits per heavy atom. The average molecular weight is 418 g/mol. The van der Waals surface area contributed by atoms with Gasteiger partial charge in [0, 0.05) is 24.2 Å². The van der Waals surface area contributed by atoms with Gasteiger partial charge in [-0.2, -0.15) is 5.10 Å². The SMILES string of the molecule is CCCCn1nc(C(=O)OCc2cc(=O)n3cccc(C)c3n2)c2ccccc2c1=O. The summed E-state index contributed by atoms with van der Waals surface area (Å²) in [4.78, 5) is 42.4. The molecule has 0 amide bonds. The molecule has 4 aromatic rings. The highest BCUT2D eigenvalue weighted by Gasteiger charge is 2.18. The molecule has 0 radical (unpaired) electrons. The van der Waals surface area contributed by atoms with Crippen LogP contribution in [-0.4, -0.2) is 25.1 Å². The fraction of sp³-hybridized carbons (Fsp3) is 0.261. The second-order valence-electron chi connectivity index (χ2n) is 7.32. The van der Waals surface area contributed by atoms with Crippen LogP contribution in [0.1, 0.15) is 41.5 Å². The number of carbonyl (C=O) groups excluding carboxylic acids is 1. The Labute approximate surface area is 177 Å². The van der Waals surface area contributed by atoms with Crippen LogP contribution in [0.3, 0.4) is 0 Å². The molecule has 0 N–H and O–H groups in total. The topological polar surface area (TPSA) is 95.6 Å². The van der Waals surface area contributed by atoms with E-state index in [0.29, 0.717) is 28.7 Å². The van der Waals surface area contributed by atoms with Gasteiger partial charge in [-0.05, 0) is 31.0 Å². The maximum atomic E-state index is 12.9. The van der Waals surface area contributed by atoms with Crippen LogP contribution in [0.5, 0.6) is 0 Å². The lowest BCUT2D eigenvalue weighted by molar-refractivity contribution is 0.0460. The van der Waals surface area contributed by atoms with Crippen molar-refractivity contribution in [1.29, 1.82) is 0 Å². The van der Waals surface area contributed by atoms with Gasteiger partial charge < -0.3 is 4.74 Å². The minimum absolute atomic E-state index is 0.0694. The van der Waals surface area contributed by atoms with Crippen molar-refractivity contribution in [2.75, 3.05) is 0 Å². The molecule has 4 rings (SSSR count). The minimum atomic E-state index is -0.673. The molecule has 0 atom stereocenters. The molecule has 0 saturated heterocycles. The van der Waals surface area contributed by atoms with Gasteiger partial charge in [-0.3, -0.25) is 14.0 Å². The van der Waals surface area contributed by atoms with Crippen molar-refractivity contribution in [3.8, 4) is 0 Å². The molecular weight excluding hydrogens is 396 g/mol. The molecule has 1 aromatic carbocycles. The van der Waals surface area contributed by atoms with Gasteiger partial charge in [-0.25, -0.2) is 14.5 Å². The zero-order chi connectivity index (χ0) is 22.0. The molecular formula is C23H22N4O4. The second kappa shape index (κ2) is 8.51. The summed E-state index contributed by atoms with van der Waals surface area (Å²) in [5.41, 5.74) is 1.27. The first kappa shape index (κ1) is 20.5. The molecule has 0 aliphatic heterocycles. The van der Waals surface area contributed by atoms with Crippen LogP contribution in [0.25, 0.3) is 16.4 Å². The van der Waals surface area contributed by atoms with Gasteiger partial charge in [0.1, 0.15) is 12.3 Å². The summed E-state index contributed by atoms with van der Waals surface area (Å²) < 4.78 is 8.19. The average Bonchev–Trinajstić information content (AvgIpc) is 2.78. The van der Waals surface area contributed by atoms with Gasteiger partial charge in [0.05, 0.1) is 11.1 Å². The first-order valence-corrected chi connectivity index (χ1v) is 10.1. The van der Waals surface area contributed by atoms with Crippen LogP contribution in [-0.2, 0) is 17.9 Å². The van der Waals surface area contributed by atoms with Crippen molar-refractivity contribution in [3.63, 3.8) is 0 Å². The normalized spacial score (nSPS) is 11.2. The molecule has 8 heteroatoms. The summed E-state index contributed by atoms with van der Waals surface area (Å²) in [7, 11) is 0. The Balaban J connectivity index is 1.67. The first-order chi connectivity index (χ1) is 15.0. The lowest BCUT2D eigenvalue weighted by Gasteiger charge is -2.11. The molecule has 3 heterocycles. The van der Waals surface area contributed by atoms with E-state index in [4.69, 9.17) is 4.74 Å². The maximum absolute atomic E-state index is 12.9. The van der Waals surface area contributed by atoms with Gasteiger partial charge in [0.25, 0.3) is 11.1 Å². The predicted molar refractivity (Wildman–Crippen MR) is 116 cm³/mol. The summed E-state index contributed by atoms with van der Waals surface area (Å²) in [5, 5.41) is 5.13. The Bertz CT molecular complexity index is 1400. The van der Waals surface area contributed by atoms with Gasteiger partial charge >= 0.3 is 5.97 Å². The maximum Gasteiger partial charge on any atom is 0.359 e. The fourth-order valence-corrected chi connectivity index (χ4v) is 3.44. The quantitative estimate of drug-likeness (QED) is 0.447. The summed E-state index contributed by atoms with van der Waals surface area (Å²) >= 11 is 0. The van der Waals surface area contributed by atoms with Gasteiger partial charge in [0.15, 0.2) is 5.69 Å². The number of aromatic nitrogens is 4. The van der Waals surface area contributed by atoms with Crippen molar-refractivity contribution >= 4 is 22.4 Å². The zero-order valence-electron chi connectivity index (χ0n) is 17.4. The summed E-state index contributed by atoms with van der Waals surface area (Å²) in [6, 6.07) is 11.8. The van der Waals surface area contributed by atoms with E-state index in [1.54, 1.807) is 36.5 Å². The van der Waals surface area contributed by atoms with E-state index in [-0.39, 0.29) is 23.4 Å². The van der Waals surface area contributed by atoms with Crippen molar-refractivity contribution in [2.45, 2.75) is 39.8 Å². The molecule has 0 fully saturated rings. The molecule has 31 heavy (non-hydrogen) atoms. The number of unbranched alkanes of at least 4 members (excludes halogenated alkanes) is 1. The van der Waals surface area contributed by atoms with Crippen LogP contribution in [0.15, 0.2) is 58.3 Å². The number of benzene rings is 1. The number of rotatable bonds is 6. The van der Waals surface area contributed by atoms with Gasteiger partial charge in [-0.1, -0.05) is 37.6 Å². The van der Waals surface area contributed by atoms with E-state index >= 15 is 0 Å².